The van der Waals surface area contributed by atoms with Crippen molar-refractivity contribution in [1.82, 2.24) is 14.8 Å². The van der Waals surface area contributed by atoms with Crippen molar-refractivity contribution in [3.63, 3.8) is 0 Å². The molecule has 88 valence electrons. The second kappa shape index (κ2) is 4.69. The van der Waals surface area contributed by atoms with E-state index in [2.05, 4.69) is 15.4 Å². The lowest BCUT2D eigenvalue weighted by Gasteiger charge is -2.01. The van der Waals surface area contributed by atoms with Gasteiger partial charge in [0.05, 0.1) is 5.56 Å². The number of pyridine rings is 1. The smallest absolute Gasteiger partial charge is 0.305 e. The monoisotopic (exact) mass is 238 g/mol. The van der Waals surface area contributed by atoms with Crippen LogP contribution >= 0.6 is 0 Å². The van der Waals surface area contributed by atoms with Crippen LogP contribution in [0.25, 0.3) is 0 Å². The molecule has 5 nitrogen and oxygen atoms in total. The van der Waals surface area contributed by atoms with Crippen LogP contribution in [-0.2, 0) is 0 Å². The number of carbonyl (C=O) groups is 1. The minimum absolute atomic E-state index is 0.0687. The molecular weight excluding hydrogens is 230 g/mol. The van der Waals surface area contributed by atoms with Gasteiger partial charge in [-0.1, -0.05) is 0 Å². The Labute approximate surface area is 95.1 Å². The second-order valence-corrected chi connectivity index (χ2v) is 3.15. The van der Waals surface area contributed by atoms with Gasteiger partial charge in [0.1, 0.15) is 0 Å². The van der Waals surface area contributed by atoms with E-state index in [1.54, 1.807) is 12.1 Å². The molecule has 0 spiro atoms. The number of aromatic nitrogens is 3. The summed E-state index contributed by atoms with van der Waals surface area (Å²) in [5.41, 5.74) is 0.332. The molecule has 0 fully saturated rings. The summed E-state index contributed by atoms with van der Waals surface area (Å²) in [4.78, 5) is 15.4. The summed E-state index contributed by atoms with van der Waals surface area (Å²) in [6, 6.07) is 4.46. The SMILES string of the molecule is O=C(Nc1ccn(C(F)F)n1)c1cccnc1. The van der Waals surface area contributed by atoms with Gasteiger partial charge in [-0.2, -0.15) is 13.9 Å². The number of nitrogens with one attached hydrogen (secondary N) is 1. The Balaban J connectivity index is 2.08. The standard InChI is InChI=1S/C10H8F2N4O/c11-10(12)16-5-3-8(15-16)14-9(17)7-2-1-4-13-6-7/h1-6,10H,(H,14,15,17). The minimum Gasteiger partial charge on any atom is -0.305 e. The third-order valence-electron chi connectivity index (χ3n) is 1.97. The Morgan fingerprint density at radius 1 is 1.41 bits per heavy atom. The molecule has 0 saturated carbocycles. The zero-order valence-corrected chi connectivity index (χ0v) is 8.55. The van der Waals surface area contributed by atoms with Crippen LogP contribution in [0.5, 0.6) is 0 Å². The van der Waals surface area contributed by atoms with Crippen LogP contribution in [0.3, 0.4) is 0 Å². The molecule has 0 atom stereocenters. The van der Waals surface area contributed by atoms with Gasteiger partial charge >= 0.3 is 6.55 Å². The number of halogens is 2. The van der Waals surface area contributed by atoms with E-state index in [4.69, 9.17) is 0 Å². The number of hydrogen-bond donors (Lipinski definition) is 1. The first-order valence-electron chi connectivity index (χ1n) is 4.71. The number of alkyl halides is 2. The van der Waals surface area contributed by atoms with E-state index >= 15 is 0 Å². The third-order valence-corrected chi connectivity index (χ3v) is 1.97. The fourth-order valence-electron chi connectivity index (χ4n) is 1.20. The summed E-state index contributed by atoms with van der Waals surface area (Å²) in [7, 11) is 0. The van der Waals surface area contributed by atoms with E-state index in [1.165, 1.54) is 18.5 Å². The Morgan fingerprint density at radius 2 is 2.24 bits per heavy atom. The summed E-state index contributed by atoms with van der Waals surface area (Å²) >= 11 is 0. The van der Waals surface area contributed by atoms with Gasteiger partial charge < -0.3 is 5.32 Å². The maximum Gasteiger partial charge on any atom is 0.333 e. The van der Waals surface area contributed by atoms with E-state index < -0.39 is 12.5 Å². The summed E-state index contributed by atoms with van der Waals surface area (Å²) < 4.78 is 24.9. The van der Waals surface area contributed by atoms with Crippen LogP contribution in [-0.4, -0.2) is 20.7 Å². The normalized spacial score (nSPS) is 10.5. The van der Waals surface area contributed by atoms with Gasteiger partial charge in [-0.3, -0.25) is 9.78 Å². The highest BCUT2D eigenvalue weighted by atomic mass is 19.3. The van der Waals surface area contributed by atoms with Gasteiger partial charge in [0.15, 0.2) is 5.82 Å². The lowest BCUT2D eigenvalue weighted by Crippen LogP contribution is -2.13. The summed E-state index contributed by atoms with van der Waals surface area (Å²) in [5, 5.41) is 5.88. The zero-order valence-electron chi connectivity index (χ0n) is 8.55. The third kappa shape index (κ3) is 2.63. The number of anilines is 1. The molecule has 2 rings (SSSR count). The fourth-order valence-corrected chi connectivity index (χ4v) is 1.20. The Morgan fingerprint density at radius 3 is 2.82 bits per heavy atom. The maximum absolute atomic E-state index is 12.2. The Hall–Kier alpha value is -2.31. The molecular formula is C10H8F2N4O. The van der Waals surface area contributed by atoms with Crippen LogP contribution in [0.15, 0.2) is 36.8 Å². The molecule has 0 bridgehead atoms. The second-order valence-electron chi connectivity index (χ2n) is 3.15. The topological polar surface area (TPSA) is 59.8 Å². The van der Waals surface area contributed by atoms with Crippen molar-refractivity contribution in [1.29, 1.82) is 0 Å². The maximum atomic E-state index is 12.2. The molecule has 2 aromatic rings. The average molecular weight is 238 g/mol. The lowest BCUT2D eigenvalue weighted by atomic mass is 10.3. The van der Waals surface area contributed by atoms with Crippen LogP contribution in [0, 0.1) is 0 Å². The molecule has 2 heterocycles. The van der Waals surface area contributed by atoms with Gasteiger partial charge in [-0.15, -0.1) is 0 Å². The molecule has 0 aromatic carbocycles. The first-order chi connectivity index (χ1) is 8.16. The van der Waals surface area contributed by atoms with E-state index in [0.717, 1.165) is 6.20 Å². The molecule has 0 saturated heterocycles. The van der Waals surface area contributed by atoms with Crippen molar-refractivity contribution in [2.24, 2.45) is 0 Å². The first kappa shape index (κ1) is 11.2. The van der Waals surface area contributed by atoms with Gasteiger partial charge in [-0.25, -0.2) is 4.68 Å². The molecule has 17 heavy (non-hydrogen) atoms. The summed E-state index contributed by atoms with van der Waals surface area (Å²) in [5.74, 6) is -0.378. The Bertz CT molecular complexity index is 512. The van der Waals surface area contributed by atoms with E-state index in [0.29, 0.717) is 10.2 Å². The average Bonchev–Trinajstić information content (AvgIpc) is 2.79. The number of rotatable bonds is 3. The number of hydrogen-bond acceptors (Lipinski definition) is 3. The molecule has 1 N–H and O–H groups in total. The molecule has 1 amide bonds. The lowest BCUT2D eigenvalue weighted by molar-refractivity contribution is 0.0568. The van der Waals surface area contributed by atoms with Crippen LogP contribution in [0.4, 0.5) is 14.6 Å². The highest BCUT2D eigenvalue weighted by Gasteiger charge is 2.10. The Kier molecular flexibility index (Phi) is 3.08. The molecule has 0 unspecified atom stereocenters. The van der Waals surface area contributed by atoms with Crippen molar-refractivity contribution in [3.8, 4) is 0 Å². The van der Waals surface area contributed by atoms with Crippen LogP contribution in [0.2, 0.25) is 0 Å². The van der Waals surface area contributed by atoms with Crippen molar-refractivity contribution in [2.45, 2.75) is 6.55 Å². The summed E-state index contributed by atoms with van der Waals surface area (Å²) in [6.07, 6.45) is 3.99. The number of nitrogens with zero attached hydrogens (tertiary/aromatic N) is 3. The van der Waals surface area contributed by atoms with Gasteiger partial charge in [0.2, 0.25) is 0 Å². The van der Waals surface area contributed by atoms with Crippen LogP contribution in [0.1, 0.15) is 16.9 Å². The first-order valence-corrected chi connectivity index (χ1v) is 4.71. The van der Waals surface area contributed by atoms with E-state index in [1.807, 2.05) is 0 Å². The number of amides is 1. The molecule has 0 aliphatic heterocycles. The predicted molar refractivity (Wildman–Crippen MR) is 55.7 cm³/mol. The quantitative estimate of drug-likeness (QED) is 0.888. The van der Waals surface area contributed by atoms with Crippen LogP contribution < -0.4 is 5.32 Å². The zero-order chi connectivity index (χ0) is 12.3. The fraction of sp³-hybridized carbons (Fsp3) is 0.100. The van der Waals surface area contributed by atoms with Gasteiger partial charge in [0, 0.05) is 24.7 Å². The highest BCUT2D eigenvalue weighted by Crippen LogP contribution is 2.12. The van der Waals surface area contributed by atoms with E-state index in [-0.39, 0.29) is 5.82 Å². The van der Waals surface area contributed by atoms with E-state index in [9.17, 15) is 13.6 Å². The molecule has 0 aliphatic carbocycles. The highest BCUT2D eigenvalue weighted by molar-refractivity contribution is 6.03. The van der Waals surface area contributed by atoms with Crippen molar-refractivity contribution in [3.05, 3.63) is 42.4 Å². The van der Waals surface area contributed by atoms with Crippen molar-refractivity contribution in [2.75, 3.05) is 5.32 Å². The van der Waals surface area contributed by atoms with Gasteiger partial charge in [0.25, 0.3) is 5.91 Å². The summed E-state index contributed by atoms with van der Waals surface area (Å²) in [6.45, 7) is -2.72. The van der Waals surface area contributed by atoms with Gasteiger partial charge in [-0.05, 0) is 12.1 Å². The largest absolute Gasteiger partial charge is 0.333 e. The predicted octanol–water partition coefficient (Wildman–Crippen LogP) is 1.93. The molecule has 2 aromatic heterocycles. The van der Waals surface area contributed by atoms with Crippen molar-refractivity contribution >= 4 is 11.7 Å². The minimum atomic E-state index is -2.72. The molecule has 7 heteroatoms. The number of carbonyl (C=O) groups excluding carboxylic acids is 1. The van der Waals surface area contributed by atoms with Crippen molar-refractivity contribution < 1.29 is 13.6 Å². The molecule has 0 aliphatic rings. The molecule has 0 radical (unpaired) electrons.